The minimum atomic E-state index is -0.451. The van der Waals surface area contributed by atoms with Crippen LogP contribution in [0.4, 0.5) is 0 Å². The lowest BCUT2D eigenvalue weighted by Gasteiger charge is -2.33. The maximum absolute atomic E-state index is 5.15. The minimum absolute atomic E-state index is 0.451. The van der Waals surface area contributed by atoms with Gasteiger partial charge in [0.05, 0.1) is 5.41 Å². The summed E-state index contributed by atoms with van der Waals surface area (Å²) in [5.74, 6) is 1.90. The highest BCUT2D eigenvalue weighted by atomic mass is 15.0. The number of fused-ring (bicyclic) bond motifs is 9. The number of hydrogen-bond acceptors (Lipinski definition) is 3. The average molecular weight is 928 g/mol. The Kier molecular flexibility index (Phi) is 10.1. The zero-order chi connectivity index (χ0) is 48.3. The Morgan fingerprint density at radius 2 is 0.644 bits per heavy atom. The Bertz CT molecular complexity index is 4190. The highest BCUT2D eigenvalue weighted by Crippen LogP contribution is 2.57. The van der Waals surface area contributed by atoms with Crippen LogP contribution in [0, 0.1) is 0 Å². The standard InChI is InChI=1S/C70H45N3/c1-5-19-46(20-6-1)47-35-37-49(38-36-47)68-71-67(48-21-7-2-8-22-48)72-69(73-68)53-24-17-23-50(43-53)51-39-41-61-62(44-51)58-30-14-13-29-57(58)60-33-18-32-56(66(60)61)52-40-42-65-63(45-52)59-31-15-16-34-64(59)70(65,54-25-9-3-10-26-54)55-27-11-4-12-28-55/h1-45H. The quantitative estimate of drug-likeness (QED) is 0.143. The first-order valence-corrected chi connectivity index (χ1v) is 25.0. The molecule has 0 saturated carbocycles. The van der Waals surface area contributed by atoms with E-state index in [1.54, 1.807) is 0 Å². The van der Waals surface area contributed by atoms with E-state index in [-0.39, 0.29) is 0 Å². The van der Waals surface area contributed by atoms with E-state index in [0.717, 1.165) is 33.4 Å². The van der Waals surface area contributed by atoms with Crippen molar-refractivity contribution in [2.24, 2.45) is 0 Å². The molecule has 0 radical (unpaired) electrons. The van der Waals surface area contributed by atoms with Crippen LogP contribution in [-0.2, 0) is 5.41 Å². The summed E-state index contributed by atoms with van der Waals surface area (Å²) in [6, 6.07) is 98.7. The predicted molar refractivity (Wildman–Crippen MR) is 302 cm³/mol. The zero-order valence-electron chi connectivity index (χ0n) is 39.8. The van der Waals surface area contributed by atoms with E-state index in [1.807, 2.05) is 24.3 Å². The first kappa shape index (κ1) is 42.3. The molecule has 1 aliphatic carbocycles. The Morgan fingerprint density at radius 1 is 0.219 bits per heavy atom. The second kappa shape index (κ2) is 17.4. The van der Waals surface area contributed by atoms with E-state index < -0.39 is 5.41 Å². The van der Waals surface area contributed by atoms with Crippen molar-refractivity contribution in [3.05, 3.63) is 295 Å². The Balaban J connectivity index is 0.904. The van der Waals surface area contributed by atoms with Gasteiger partial charge in [-0.15, -0.1) is 0 Å². The van der Waals surface area contributed by atoms with E-state index in [2.05, 4.69) is 249 Å². The molecule has 0 N–H and O–H groups in total. The van der Waals surface area contributed by atoms with E-state index >= 15 is 0 Å². The second-order valence-electron chi connectivity index (χ2n) is 19.0. The smallest absolute Gasteiger partial charge is 0.164 e. The predicted octanol–water partition coefficient (Wildman–Crippen LogP) is 17.7. The van der Waals surface area contributed by atoms with Crippen LogP contribution in [0.3, 0.4) is 0 Å². The van der Waals surface area contributed by atoms with Crippen molar-refractivity contribution >= 4 is 32.3 Å². The van der Waals surface area contributed by atoms with Crippen molar-refractivity contribution in [2.45, 2.75) is 5.41 Å². The van der Waals surface area contributed by atoms with Crippen molar-refractivity contribution in [3.63, 3.8) is 0 Å². The third-order valence-electron chi connectivity index (χ3n) is 15.0. The van der Waals surface area contributed by atoms with Crippen LogP contribution in [0.5, 0.6) is 0 Å². The van der Waals surface area contributed by atoms with Gasteiger partial charge in [0.1, 0.15) is 0 Å². The number of hydrogen-bond donors (Lipinski definition) is 0. The monoisotopic (exact) mass is 927 g/mol. The van der Waals surface area contributed by atoms with E-state index in [4.69, 9.17) is 15.0 Å². The van der Waals surface area contributed by atoms with Crippen LogP contribution in [0.25, 0.3) is 111 Å². The molecule has 1 aromatic heterocycles. The van der Waals surface area contributed by atoms with Crippen LogP contribution in [-0.4, -0.2) is 15.0 Å². The van der Waals surface area contributed by atoms with Gasteiger partial charge < -0.3 is 0 Å². The van der Waals surface area contributed by atoms with Gasteiger partial charge in [-0.3, -0.25) is 0 Å². The second-order valence-corrected chi connectivity index (χ2v) is 19.0. The van der Waals surface area contributed by atoms with Crippen molar-refractivity contribution in [1.29, 1.82) is 0 Å². The summed E-state index contributed by atoms with van der Waals surface area (Å²) in [5, 5.41) is 7.40. The highest BCUT2D eigenvalue weighted by Gasteiger charge is 2.46. The van der Waals surface area contributed by atoms with Crippen LogP contribution in [0.15, 0.2) is 273 Å². The molecule has 14 rings (SSSR count). The summed E-state index contributed by atoms with van der Waals surface area (Å²) in [6.45, 7) is 0. The fourth-order valence-electron chi connectivity index (χ4n) is 11.7. The Morgan fingerprint density at radius 3 is 1.34 bits per heavy atom. The normalized spacial score (nSPS) is 12.5. The van der Waals surface area contributed by atoms with E-state index in [0.29, 0.717) is 17.5 Å². The fraction of sp³-hybridized carbons (Fsp3) is 0.0143. The molecular weight excluding hydrogens is 883 g/mol. The van der Waals surface area contributed by atoms with Gasteiger partial charge in [0.15, 0.2) is 17.5 Å². The molecule has 0 atom stereocenters. The average Bonchev–Trinajstić information content (AvgIpc) is 3.83. The fourth-order valence-corrected chi connectivity index (χ4v) is 11.7. The largest absolute Gasteiger partial charge is 0.208 e. The molecular formula is C70H45N3. The Labute approximate surface area is 424 Å². The molecule has 13 aromatic rings. The van der Waals surface area contributed by atoms with Gasteiger partial charge in [0.25, 0.3) is 0 Å². The van der Waals surface area contributed by atoms with Crippen LogP contribution < -0.4 is 0 Å². The summed E-state index contributed by atoms with van der Waals surface area (Å²) < 4.78 is 0. The molecule has 1 aliphatic rings. The molecule has 0 spiro atoms. The topological polar surface area (TPSA) is 38.7 Å². The maximum Gasteiger partial charge on any atom is 0.164 e. The first-order valence-electron chi connectivity index (χ1n) is 25.0. The molecule has 0 amide bonds. The molecule has 0 bridgehead atoms. The van der Waals surface area contributed by atoms with Gasteiger partial charge in [-0.2, -0.15) is 0 Å². The molecule has 73 heavy (non-hydrogen) atoms. The molecule has 0 aliphatic heterocycles. The summed E-state index contributed by atoms with van der Waals surface area (Å²) >= 11 is 0. The number of rotatable bonds is 8. The summed E-state index contributed by atoms with van der Waals surface area (Å²) in [4.78, 5) is 15.3. The Hall–Kier alpha value is -9.57. The lowest BCUT2D eigenvalue weighted by molar-refractivity contribution is 0.768. The third-order valence-corrected chi connectivity index (χ3v) is 15.0. The minimum Gasteiger partial charge on any atom is -0.208 e. The molecule has 340 valence electrons. The molecule has 1 heterocycles. The molecule has 3 heteroatoms. The maximum atomic E-state index is 5.15. The van der Waals surface area contributed by atoms with Crippen LogP contribution >= 0.6 is 0 Å². The molecule has 12 aromatic carbocycles. The van der Waals surface area contributed by atoms with Gasteiger partial charge in [-0.25, -0.2) is 15.0 Å². The van der Waals surface area contributed by atoms with Crippen LogP contribution in [0.1, 0.15) is 22.3 Å². The van der Waals surface area contributed by atoms with Gasteiger partial charge in [0, 0.05) is 16.7 Å². The summed E-state index contributed by atoms with van der Waals surface area (Å²) in [7, 11) is 0. The van der Waals surface area contributed by atoms with Crippen molar-refractivity contribution in [3.8, 4) is 78.7 Å². The summed E-state index contributed by atoms with van der Waals surface area (Å²) in [6.07, 6.45) is 0. The van der Waals surface area contributed by atoms with Gasteiger partial charge in [0.2, 0.25) is 0 Å². The SMILES string of the molecule is c1ccc(-c2ccc(-c3nc(-c4ccccc4)nc(-c4cccc(-c5ccc6c(c5)c5ccccc5c5cccc(-c7ccc8c(c7)-c7ccccc7C8(c7ccccc7)c7ccccc7)c56)c4)n3)cc2)cc1. The number of nitrogens with zero attached hydrogens (tertiary/aromatic N) is 3. The third kappa shape index (κ3) is 7.00. The lowest BCUT2D eigenvalue weighted by atomic mass is 9.67. The van der Waals surface area contributed by atoms with Crippen molar-refractivity contribution in [1.82, 2.24) is 15.0 Å². The zero-order valence-corrected chi connectivity index (χ0v) is 39.8. The van der Waals surface area contributed by atoms with E-state index in [1.165, 1.54) is 82.4 Å². The number of aromatic nitrogens is 3. The number of benzene rings is 12. The molecule has 3 nitrogen and oxygen atoms in total. The molecule has 0 unspecified atom stereocenters. The lowest BCUT2D eigenvalue weighted by Crippen LogP contribution is -2.28. The van der Waals surface area contributed by atoms with Crippen LogP contribution in [0.2, 0.25) is 0 Å². The van der Waals surface area contributed by atoms with Gasteiger partial charge >= 0.3 is 0 Å². The van der Waals surface area contributed by atoms with Crippen molar-refractivity contribution < 1.29 is 0 Å². The van der Waals surface area contributed by atoms with E-state index in [9.17, 15) is 0 Å². The first-order chi connectivity index (χ1) is 36.2. The van der Waals surface area contributed by atoms with Gasteiger partial charge in [-0.05, 0) is 117 Å². The highest BCUT2D eigenvalue weighted by molar-refractivity contribution is 6.29. The molecule has 0 fully saturated rings. The summed E-state index contributed by atoms with van der Waals surface area (Å²) in [5.41, 5.74) is 17.0. The molecule has 0 saturated heterocycles. The van der Waals surface area contributed by atoms with Crippen molar-refractivity contribution in [2.75, 3.05) is 0 Å². The van der Waals surface area contributed by atoms with Gasteiger partial charge in [-0.1, -0.05) is 255 Å².